The van der Waals surface area contributed by atoms with Gasteiger partial charge < -0.3 is 10.1 Å². The van der Waals surface area contributed by atoms with E-state index in [1.165, 1.54) is 28.6 Å². The Kier molecular flexibility index (Phi) is 9.05. The second-order valence-electron chi connectivity index (χ2n) is 9.45. The lowest BCUT2D eigenvalue weighted by Gasteiger charge is -2.18. The van der Waals surface area contributed by atoms with Crippen molar-refractivity contribution in [2.24, 2.45) is 0 Å². The van der Waals surface area contributed by atoms with Crippen LogP contribution >= 0.6 is 11.3 Å². The highest BCUT2D eigenvalue weighted by Gasteiger charge is 2.25. The number of benzene rings is 2. The number of thiophene rings is 1. The van der Waals surface area contributed by atoms with E-state index in [1.54, 1.807) is 38.3 Å². The van der Waals surface area contributed by atoms with Gasteiger partial charge in [0.2, 0.25) is 10.0 Å². The van der Waals surface area contributed by atoms with Crippen LogP contribution in [0.15, 0.2) is 63.6 Å². The lowest BCUT2D eigenvalue weighted by atomic mass is 10.0. The molecule has 0 spiro atoms. The normalized spacial score (nSPS) is 11.8. The molecule has 2 aromatic carbocycles. The van der Waals surface area contributed by atoms with E-state index in [2.05, 4.69) is 24.3 Å². The molecule has 0 aliphatic carbocycles. The molecule has 0 saturated heterocycles. The fourth-order valence-corrected chi connectivity index (χ4v) is 6.72. The molecular formula is C29H32N4O6S2. The van der Waals surface area contributed by atoms with Gasteiger partial charge in [-0.05, 0) is 54.8 Å². The molecule has 2 heterocycles. The molecule has 10 nitrogen and oxygen atoms in total. The van der Waals surface area contributed by atoms with Crippen LogP contribution in [0.2, 0.25) is 0 Å². The molecule has 4 rings (SSSR count). The molecule has 0 radical (unpaired) electrons. The zero-order valence-electron chi connectivity index (χ0n) is 23.5. The predicted octanol–water partition coefficient (Wildman–Crippen LogP) is 5.03. The van der Waals surface area contributed by atoms with E-state index in [1.807, 2.05) is 12.1 Å². The van der Waals surface area contributed by atoms with Gasteiger partial charge in [0.25, 0.3) is 11.5 Å². The van der Waals surface area contributed by atoms with Gasteiger partial charge in [0.05, 0.1) is 22.6 Å². The number of esters is 1. The topological polar surface area (TPSA) is 128 Å². The Bertz CT molecular complexity index is 1740. The van der Waals surface area contributed by atoms with E-state index < -0.39 is 27.5 Å². The minimum atomic E-state index is -3.68. The van der Waals surface area contributed by atoms with E-state index in [-0.39, 0.29) is 44.5 Å². The van der Waals surface area contributed by atoms with Crippen molar-refractivity contribution >= 4 is 49.0 Å². The Morgan fingerprint density at radius 1 is 1.02 bits per heavy atom. The van der Waals surface area contributed by atoms with Crippen molar-refractivity contribution in [2.75, 3.05) is 25.0 Å². The fraction of sp³-hybridized carbons (Fsp3) is 0.310. The van der Waals surface area contributed by atoms with Crippen molar-refractivity contribution in [1.82, 2.24) is 14.1 Å². The van der Waals surface area contributed by atoms with Crippen molar-refractivity contribution in [1.29, 1.82) is 0 Å². The molecule has 0 fully saturated rings. The maximum atomic E-state index is 13.7. The average Bonchev–Trinajstić information content (AvgIpc) is 3.38. The number of ether oxygens (including phenoxy) is 1. The maximum Gasteiger partial charge on any atom is 0.359 e. The number of carbonyl (C=O) groups excluding carboxylic acids is 2. The number of rotatable bonds is 10. The molecule has 0 bridgehead atoms. The highest BCUT2D eigenvalue weighted by molar-refractivity contribution is 7.89. The van der Waals surface area contributed by atoms with E-state index >= 15 is 0 Å². The van der Waals surface area contributed by atoms with Gasteiger partial charge in [-0.3, -0.25) is 9.59 Å². The van der Waals surface area contributed by atoms with Crippen LogP contribution in [0.5, 0.6) is 0 Å². The quantitative estimate of drug-likeness (QED) is 0.254. The molecular weight excluding hydrogens is 564 g/mol. The molecule has 2 aromatic heterocycles. The van der Waals surface area contributed by atoms with Gasteiger partial charge in [-0.2, -0.15) is 14.1 Å². The van der Waals surface area contributed by atoms with Gasteiger partial charge in [-0.1, -0.05) is 39.8 Å². The van der Waals surface area contributed by atoms with Crippen LogP contribution in [0.4, 0.5) is 5.00 Å². The summed E-state index contributed by atoms with van der Waals surface area (Å²) in [6.07, 6.45) is 0. The first-order chi connectivity index (χ1) is 19.5. The number of amides is 1. The minimum Gasteiger partial charge on any atom is -0.461 e. The summed E-state index contributed by atoms with van der Waals surface area (Å²) in [5.41, 5.74) is 1.18. The summed E-state index contributed by atoms with van der Waals surface area (Å²) in [6, 6.07) is 12.9. The van der Waals surface area contributed by atoms with Crippen LogP contribution < -0.4 is 10.9 Å². The molecule has 0 unspecified atom stereocenters. The Balaban J connectivity index is 1.75. The van der Waals surface area contributed by atoms with Crippen LogP contribution in [0.1, 0.15) is 66.9 Å². The maximum absolute atomic E-state index is 13.7. The summed E-state index contributed by atoms with van der Waals surface area (Å²) in [7, 11) is -3.68. The lowest BCUT2D eigenvalue weighted by molar-refractivity contribution is 0.0519. The van der Waals surface area contributed by atoms with Gasteiger partial charge >= 0.3 is 5.97 Å². The van der Waals surface area contributed by atoms with Crippen molar-refractivity contribution in [3.05, 3.63) is 81.1 Å². The molecule has 0 aliphatic rings. The molecule has 1 N–H and O–H groups in total. The summed E-state index contributed by atoms with van der Waals surface area (Å²) in [5, 5.41) is 9.29. The zero-order valence-corrected chi connectivity index (χ0v) is 25.1. The average molecular weight is 597 g/mol. The van der Waals surface area contributed by atoms with Crippen molar-refractivity contribution < 1.29 is 22.7 Å². The number of hydrogen-bond donors (Lipinski definition) is 1. The first-order valence-corrected chi connectivity index (χ1v) is 15.6. The van der Waals surface area contributed by atoms with Gasteiger partial charge in [-0.15, -0.1) is 11.3 Å². The Morgan fingerprint density at radius 3 is 2.22 bits per heavy atom. The second kappa shape index (κ2) is 12.3. The second-order valence-corrected chi connectivity index (χ2v) is 12.3. The van der Waals surface area contributed by atoms with Crippen molar-refractivity contribution in [3.63, 3.8) is 0 Å². The summed E-state index contributed by atoms with van der Waals surface area (Å²) < 4.78 is 33.3. The first-order valence-electron chi connectivity index (χ1n) is 13.3. The first kappa shape index (κ1) is 30.1. The summed E-state index contributed by atoms with van der Waals surface area (Å²) in [5.74, 6) is -0.940. The largest absolute Gasteiger partial charge is 0.461 e. The molecule has 216 valence electrons. The standard InChI is InChI=1S/C29H32N4O6S2/c1-6-32(7-2)41(37,38)22-15-11-20(12-16-22)26(34)30-27-24-23(17-40-27)25(29(36)39-8-3)31-33(28(24)35)21-13-9-19(10-14-21)18(4)5/h9-18H,6-8H2,1-5H3,(H,30,34). The monoisotopic (exact) mass is 596 g/mol. The van der Waals surface area contributed by atoms with E-state index in [0.717, 1.165) is 21.6 Å². The number of carbonyl (C=O) groups is 2. The number of aromatic nitrogens is 2. The van der Waals surface area contributed by atoms with Crippen LogP contribution in [-0.4, -0.2) is 54.1 Å². The summed E-state index contributed by atoms with van der Waals surface area (Å²) in [6.45, 7) is 10.1. The van der Waals surface area contributed by atoms with E-state index in [4.69, 9.17) is 4.74 Å². The Morgan fingerprint density at radius 2 is 1.66 bits per heavy atom. The number of sulfonamides is 1. The third-order valence-corrected chi connectivity index (χ3v) is 9.57. The van der Waals surface area contributed by atoms with Gasteiger partial charge in [0, 0.05) is 29.4 Å². The van der Waals surface area contributed by atoms with E-state index in [9.17, 15) is 22.8 Å². The summed E-state index contributed by atoms with van der Waals surface area (Å²) >= 11 is 1.08. The third-order valence-electron chi connectivity index (χ3n) is 6.61. The number of hydrogen-bond acceptors (Lipinski definition) is 8. The van der Waals surface area contributed by atoms with E-state index in [0.29, 0.717) is 18.8 Å². The van der Waals surface area contributed by atoms with Crippen LogP contribution in [0.25, 0.3) is 16.5 Å². The molecule has 0 aliphatic heterocycles. The smallest absolute Gasteiger partial charge is 0.359 e. The zero-order chi connectivity index (χ0) is 29.9. The number of fused-ring (bicyclic) bond motifs is 1. The van der Waals surface area contributed by atoms with Crippen LogP contribution in [0.3, 0.4) is 0 Å². The predicted molar refractivity (Wildman–Crippen MR) is 160 cm³/mol. The number of anilines is 1. The van der Waals surface area contributed by atoms with Crippen LogP contribution in [-0.2, 0) is 14.8 Å². The highest BCUT2D eigenvalue weighted by atomic mass is 32.2. The van der Waals surface area contributed by atoms with Crippen LogP contribution in [0, 0.1) is 0 Å². The molecule has 0 saturated carbocycles. The number of nitrogens with zero attached hydrogens (tertiary/aromatic N) is 3. The molecule has 41 heavy (non-hydrogen) atoms. The SMILES string of the molecule is CCOC(=O)c1nn(-c2ccc(C(C)C)cc2)c(=O)c2c(NC(=O)c3ccc(S(=O)(=O)N(CC)CC)cc3)scc12. The van der Waals surface area contributed by atoms with Gasteiger partial charge in [-0.25, -0.2) is 13.2 Å². The lowest BCUT2D eigenvalue weighted by Crippen LogP contribution is -2.30. The Labute approximate surface area is 242 Å². The summed E-state index contributed by atoms with van der Waals surface area (Å²) in [4.78, 5) is 39.8. The number of nitrogens with one attached hydrogen (secondary N) is 1. The third kappa shape index (κ3) is 5.95. The molecule has 0 atom stereocenters. The van der Waals surface area contributed by atoms with Crippen molar-refractivity contribution in [2.45, 2.75) is 45.4 Å². The molecule has 12 heteroatoms. The Hall–Kier alpha value is -3.87. The highest BCUT2D eigenvalue weighted by Crippen LogP contribution is 2.31. The molecule has 1 amide bonds. The van der Waals surface area contributed by atoms with Gasteiger partial charge in [0.1, 0.15) is 5.00 Å². The van der Waals surface area contributed by atoms with Crippen molar-refractivity contribution in [3.8, 4) is 5.69 Å². The fourth-order valence-electron chi connectivity index (χ4n) is 4.33. The molecule has 4 aromatic rings. The van der Waals surface area contributed by atoms with Gasteiger partial charge in [0.15, 0.2) is 5.69 Å². The minimum absolute atomic E-state index is 0.0444.